The van der Waals surface area contributed by atoms with E-state index >= 15 is 0 Å². The van der Waals surface area contributed by atoms with Gasteiger partial charge in [-0.05, 0) is 25.5 Å². The quantitative estimate of drug-likeness (QED) is 0.623. The molecule has 1 fully saturated rings. The lowest BCUT2D eigenvalue weighted by molar-refractivity contribution is 0.182. The fourth-order valence-corrected chi connectivity index (χ4v) is 2.28. The van der Waals surface area contributed by atoms with E-state index in [1.165, 1.54) is 18.0 Å². The van der Waals surface area contributed by atoms with E-state index in [9.17, 15) is 5.11 Å². The fourth-order valence-electron chi connectivity index (χ4n) is 1.94. The zero-order chi connectivity index (χ0) is 12.3. The lowest BCUT2D eigenvalue weighted by Gasteiger charge is -2.14. The molecule has 0 aromatic carbocycles. The number of hydrogen-bond donors (Lipinski definition) is 2. The number of thioether (sulfide) groups is 1. The summed E-state index contributed by atoms with van der Waals surface area (Å²) in [5, 5.41) is 22.3. The molecule has 1 aromatic rings. The first kappa shape index (κ1) is 12.1. The van der Waals surface area contributed by atoms with Crippen molar-refractivity contribution in [2.45, 2.75) is 36.6 Å². The molecule has 0 aliphatic heterocycles. The summed E-state index contributed by atoms with van der Waals surface area (Å²) in [6.45, 7) is 0. The van der Waals surface area contributed by atoms with Gasteiger partial charge in [-0.2, -0.15) is 5.26 Å². The van der Waals surface area contributed by atoms with E-state index in [0.29, 0.717) is 23.0 Å². The van der Waals surface area contributed by atoms with Crippen LogP contribution < -0.4 is 5.32 Å². The van der Waals surface area contributed by atoms with Crippen molar-refractivity contribution in [3.05, 3.63) is 11.8 Å². The molecule has 17 heavy (non-hydrogen) atoms. The number of rotatable bonds is 3. The van der Waals surface area contributed by atoms with Gasteiger partial charge in [-0.3, -0.25) is 0 Å². The summed E-state index contributed by atoms with van der Waals surface area (Å²) in [6, 6.07) is 2.27. The molecular weight excluding hydrogens is 236 g/mol. The molecule has 2 atom stereocenters. The Bertz CT molecular complexity index is 446. The first-order valence-corrected chi connectivity index (χ1v) is 6.71. The molecule has 0 unspecified atom stereocenters. The minimum absolute atomic E-state index is 0.196. The molecule has 5 nitrogen and oxygen atoms in total. The monoisotopic (exact) mass is 250 g/mol. The Hall–Kier alpha value is -1.32. The maximum atomic E-state index is 9.46. The van der Waals surface area contributed by atoms with Crippen LogP contribution in [0.2, 0.25) is 0 Å². The molecule has 0 amide bonds. The average Bonchev–Trinajstić information content (AvgIpc) is 2.74. The number of hydrogen-bond acceptors (Lipinski definition) is 6. The van der Waals surface area contributed by atoms with Crippen LogP contribution in [-0.4, -0.2) is 33.5 Å². The summed E-state index contributed by atoms with van der Waals surface area (Å²) in [4.78, 5) is 8.35. The second kappa shape index (κ2) is 5.34. The normalized spacial score (nSPS) is 23.4. The van der Waals surface area contributed by atoms with Crippen molar-refractivity contribution in [3.63, 3.8) is 0 Å². The van der Waals surface area contributed by atoms with Gasteiger partial charge in [0.1, 0.15) is 17.5 Å². The van der Waals surface area contributed by atoms with Gasteiger partial charge < -0.3 is 10.4 Å². The lowest BCUT2D eigenvalue weighted by atomic mass is 10.2. The van der Waals surface area contributed by atoms with Gasteiger partial charge in [0.25, 0.3) is 0 Å². The highest BCUT2D eigenvalue weighted by Gasteiger charge is 2.23. The highest BCUT2D eigenvalue weighted by molar-refractivity contribution is 7.98. The largest absolute Gasteiger partial charge is 0.393 e. The Morgan fingerprint density at radius 3 is 3.00 bits per heavy atom. The Balaban J connectivity index is 2.16. The first-order chi connectivity index (χ1) is 8.22. The van der Waals surface area contributed by atoms with Gasteiger partial charge in [0.2, 0.25) is 0 Å². The van der Waals surface area contributed by atoms with Crippen molar-refractivity contribution < 1.29 is 5.11 Å². The lowest BCUT2D eigenvalue weighted by Crippen LogP contribution is -2.18. The second-order valence-electron chi connectivity index (χ2n) is 4.04. The minimum atomic E-state index is -0.236. The summed E-state index contributed by atoms with van der Waals surface area (Å²) in [5.74, 6) is 0.575. The van der Waals surface area contributed by atoms with Crippen LogP contribution in [0.25, 0.3) is 0 Å². The number of nitrogens with one attached hydrogen (secondary N) is 1. The number of aliphatic hydroxyl groups is 1. The molecule has 1 aliphatic rings. The first-order valence-electron chi connectivity index (χ1n) is 5.48. The third-order valence-corrected chi connectivity index (χ3v) is 3.38. The molecule has 1 heterocycles. The van der Waals surface area contributed by atoms with E-state index in [4.69, 9.17) is 5.26 Å². The number of anilines is 1. The van der Waals surface area contributed by atoms with E-state index in [2.05, 4.69) is 21.4 Å². The number of aromatic nitrogens is 2. The Morgan fingerprint density at radius 2 is 2.41 bits per heavy atom. The van der Waals surface area contributed by atoms with Crippen LogP contribution >= 0.6 is 11.8 Å². The SMILES string of the molecule is CSc1ncc(C#N)c(N[C@@H]2CC[C@@H](O)C2)n1. The summed E-state index contributed by atoms with van der Waals surface area (Å²) in [5.41, 5.74) is 0.448. The average molecular weight is 250 g/mol. The van der Waals surface area contributed by atoms with E-state index < -0.39 is 0 Å². The molecule has 2 rings (SSSR count). The van der Waals surface area contributed by atoms with Crippen LogP contribution in [0.5, 0.6) is 0 Å². The van der Waals surface area contributed by atoms with Crippen LogP contribution in [0.15, 0.2) is 11.4 Å². The zero-order valence-corrected chi connectivity index (χ0v) is 10.4. The van der Waals surface area contributed by atoms with Crippen molar-refractivity contribution >= 4 is 17.6 Å². The van der Waals surface area contributed by atoms with Crippen molar-refractivity contribution in [3.8, 4) is 6.07 Å². The van der Waals surface area contributed by atoms with Gasteiger partial charge in [0, 0.05) is 6.04 Å². The Morgan fingerprint density at radius 1 is 1.59 bits per heavy atom. The zero-order valence-electron chi connectivity index (χ0n) is 9.55. The summed E-state index contributed by atoms with van der Waals surface area (Å²) >= 11 is 1.44. The maximum absolute atomic E-state index is 9.46. The third-order valence-electron chi connectivity index (χ3n) is 2.82. The molecule has 1 aromatic heterocycles. The molecule has 90 valence electrons. The fraction of sp³-hybridized carbons (Fsp3) is 0.545. The van der Waals surface area contributed by atoms with Crippen LogP contribution in [0, 0.1) is 11.3 Å². The van der Waals surface area contributed by atoms with Crippen LogP contribution in [0.1, 0.15) is 24.8 Å². The number of nitrogens with zero attached hydrogens (tertiary/aromatic N) is 3. The predicted molar refractivity (Wildman–Crippen MR) is 65.8 cm³/mol. The van der Waals surface area contributed by atoms with Crippen molar-refractivity contribution in [2.24, 2.45) is 0 Å². The van der Waals surface area contributed by atoms with Gasteiger partial charge in [-0.25, -0.2) is 9.97 Å². The molecule has 0 radical (unpaired) electrons. The van der Waals surface area contributed by atoms with E-state index in [-0.39, 0.29) is 12.1 Å². The van der Waals surface area contributed by atoms with E-state index in [1.54, 1.807) is 0 Å². The Kier molecular flexibility index (Phi) is 3.82. The van der Waals surface area contributed by atoms with Crippen molar-refractivity contribution in [2.75, 3.05) is 11.6 Å². The summed E-state index contributed by atoms with van der Waals surface area (Å²) in [6.07, 6.45) is 5.62. The summed E-state index contributed by atoms with van der Waals surface area (Å²) < 4.78 is 0. The third kappa shape index (κ3) is 2.87. The van der Waals surface area contributed by atoms with Gasteiger partial charge >= 0.3 is 0 Å². The Labute approximate surface area is 104 Å². The smallest absolute Gasteiger partial charge is 0.189 e. The molecule has 0 saturated heterocycles. The molecule has 1 saturated carbocycles. The van der Waals surface area contributed by atoms with Gasteiger partial charge in [0.15, 0.2) is 5.16 Å². The molecule has 6 heteroatoms. The van der Waals surface area contributed by atoms with Crippen LogP contribution in [-0.2, 0) is 0 Å². The number of nitriles is 1. The van der Waals surface area contributed by atoms with Gasteiger partial charge in [-0.1, -0.05) is 11.8 Å². The van der Waals surface area contributed by atoms with Gasteiger partial charge in [0.05, 0.1) is 12.3 Å². The predicted octanol–water partition coefficient (Wildman–Crippen LogP) is 1.40. The van der Waals surface area contributed by atoms with Crippen molar-refractivity contribution in [1.29, 1.82) is 5.26 Å². The highest BCUT2D eigenvalue weighted by atomic mass is 32.2. The highest BCUT2D eigenvalue weighted by Crippen LogP contribution is 2.24. The molecule has 0 spiro atoms. The maximum Gasteiger partial charge on any atom is 0.189 e. The topological polar surface area (TPSA) is 81.8 Å². The standard InChI is InChI=1S/C11H14N4OS/c1-17-11-13-6-7(5-12)10(15-11)14-8-2-3-9(16)4-8/h6,8-9,16H,2-4H2,1H3,(H,13,14,15)/t8-,9-/m1/s1. The molecule has 0 bridgehead atoms. The van der Waals surface area contributed by atoms with E-state index in [1.807, 2.05) is 6.26 Å². The van der Waals surface area contributed by atoms with Crippen LogP contribution in [0.3, 0.4) is 0 Å². The second-order valence-corrected chi connectivity index (χ2v) is 4.81. The van der Waals surface area contributed by atoms with Crippen molar-refractivity contribution in [1.82, 2.24) is 9.97 Å². The van der Waals surface area contributed by atoms with Gasteiger partial charge in [-0.15, -0.1) is 0 Å². The minimum Gasteiger partial charge on any atom is -0.393 e. The van der Waals surface area contributed by atoms with E-state index in [0.717, 1.165) is 12.8 Å². The molecule has 1 aliphatic carbocycles. The molecular formula is C11H14N4OS. The summed E-state index contributed by atoms with van der Waals surface area (Å²) in [7, 11) is 0. The molecule has 2 N–H and O–H groups in total. The van der Waals surface area contributed by atoms with Crippen LogP contribution in [0.4, 0.5) is 5.82 Å². The number of aliphatic hydroxyl groups excluding tert-OH is 1.